The maximum Gasteiger partial charge on any atom is 0.123 e. The van der Waals surface area contributed by atoms with Gasteiger partial charge in [-0.25, -0.2) is 0 Å². The first-order valence-electron chi connectivity index (χ1n) is 7.38. The summed E-state index contributed by atoms with van der Waals surface area (Å²) in [5.41, 5.74) is 0.914. The zero-order valence-electron chi connectivity index (χ0n) is 12.7. The number of aliphatic hydroxyl groups excluding tert-OH is 1. The van der Waals surface area contributed by atoms with Crippen LogP contribution in [0.1, 0.15) is 45.6 Å². The van der Waals surface area contributed by atoms with Gasteiger partial charge in [0.1, 0.15) is 5.75 Å². The summed E-state index contributed by atoms with van der Waals surface area (Å²) in [6.07, 6.45) is 2.80. The van der Waals surface area contributed by atoms with Crippen LogP contribution in [-0.2, 0) is 6.54 Å². The van der Waals surface area contributed by atoms with Crippen molar-refractivity contribution in [3.8, 4) is 5.75 Å². The molecule has 0 aliphatic heterocycles. The van der Waals surface area contributed by atoms with Crippen molar-refractivity contribution in [3.63, 3.8) is 0 Å². The third-order valence-corrected chi connectivity index (χ3v) is 4.29. The van der Waals surface area contributed by atoms with E-state index in [9.17, 15) is 5.11 Å². The highest BCUT2D eigenvalue weighted by atomic mass is 79.9. The zero-order valence-corrected chi connectivity index (χ0v) is 14.3. The van der Waals surface area contributed by atoms with Crippen LogP contribution in [0.4, 0.5) is 0 Å². The van der Waals surface area contributed by atoms with Crippen molar-refractivity contribution in [3.05, 3.63) is 28.2 Å². The van der Waals surface area contributed by atoms with Crippen molar-refractivity contribution in [2.24, 2.45) is 0 Å². The topological polar surface area (TPSA) is 41.5 Å². The van der Waals surface area contributed by atoms with Gasteiger partial charge in [-0.3, -0.25) is 0 Å². The van der Waals surface area contributed by atoms with E-state index < -0.39 is 0 Å². The normalized spacial score (nSPS) is 11.7. The molecule has 1 aromatic carbocycles. The van der Waals surface area contributed by atoms with Crippen molar-refractivity contribution in [2.75, 3.05) is 13.2 Å². The minimum atomic E-state index is -0.204. The quantitative estimate of drug-likeness (QED) is 0.714. The van der Waals surface area contributed by atoms with Gasteiger partial charge in [0, 0.05) is 22.1 Å². The molecule has 0 aliphatic carbocycles. The Morgan fingerprint density at radius 2 is 1.95 bits per heavy atom. The summed E-state index contributed by atoms with van der Waals surface area (Å²) in [7, 11) is 0. The first-order chi connectivity index (χ1) is 9.60. The molecule has 114 valence electrons. The lowest BCUT2D eigenvalue weighted by atomic mass is 9.93. The van der Waals surface area contributed by atoms with Crippen LogP contribution in [0.2, 0.25) is 0 Å². The highest BCUT2D eigenvalue weighted by molar-refractivity contribution is 9.10. The highest BCUT2D eigenvalue weighted by Crippen LogP contribution is 2.25. The molecule has 0 aliphatic rings. The fourth-order valence-corrected chi connectivity index (χ4v) is 2.51. The molecular formula is C16H26BrNO2. The van der Waals surface area contributed by atoms with E-state index in [0.29, 0.717) is 6.54 Å². The molecule has 0 saturated carbocycles. The molecule has 0 heterocycles. The molecule has 0 aromatic heterocycles. The van der Waals surface area contributed by atoms with Crippen LogP contribution in [0.25, 0.3) is 0 Å². The Kier molecular flexibility index (Phi) is 7.56. The van der Waals surface area contributed by atoms with Crippen molar-refractivity contribution in [2.45, 2.75) is 52.1 Å². The third-order valence-electron chi connectivity index (χ3n) is 3.79. The fraction of sp³-hybridized carbons (Fsp3) is 0.625. The number of benzene rings is 1. The van der Waals surface area contributed by atoms with Gasteiger partial charge >= 0.3 is 0 Å². The standard InChI is InChI=1S/C16H26BrNO2/c1-4-9-20-15-8-7-14(17)10-13(15)11-18-16(5-2,6-3)12-19/h7-8,10,18-19H,4-6,9,11-12H2,1-3H3. The molecule has 0 atom stereocenters. The maximum absolute atomic E-state index is 9.62. The zero-order chi connectivity index (χ0) is 15.0. The molecule has 0 saturated heterocycles. The molecule has 3 nitrogen and oxygen atoms in total. The van der Waals surface area contributed by atoms with E-state index in [2.05, 4.69) is 48.1 Å². The molecule has 0 radical (unpaired) electrons. The number of hydrogen-bond acceptors (Lipinski definition) is 3. The van der Waals surface area contributed by atoms with Crippen molar-refractivity contribution in [1.82, 2.24) is 5.32 Å². The first kappa shape index (κ1) is 17.5. The average Bonchev–Trinajstić information content (AvgIpc) is 2.48. The summed E-state index contributed by atoms with van der Waals surface area (Å²) in [6, 6.07) is 6.06. The summed E-state index contributed by atoms with van der Waals surface area (Å²) < 4.78 is 6.83. The predicted octanol–water partition coefficient (Wildman–Crippen LogP) is 3.88. The summed E-state index contributed by atoms with van der Waals surface area (Å²) in [6.45, 7) is 7.87. The van der Waals surface area contributed by atoms with E-state index >= 15 is 0 Å². The van der Waals surface area contributed by atoms with Gasteiger partial charge in [0.25, 0.3) is 0 Å². The van der Waals surface area contributed by atoms with Gasteiger partial charge in [-0.2, -0.15) is 0 Å². The lowest BCUT2D eigenvalue weighted by Gasteiger charge is -2.31. The molecule has 0 amide bonds. The monoisotopic (exact) mass is 343 g/mol. The summed E-state index contributed by atoms with van der Waals surface area (Å²) in [5.74, 6) is 0.918. The van der Waals surface area contributed by atoms with Gasteiger partial charge in [0.2, 0.25) is 0 Å². The minimum Gasteiger partial charge on any atom is -0.493 e. The first-order valence-corrected chi connectivity index (χ1v) is 8.17. The average molecular weight is 344 g/mol. The minimum absolute atomic E-state index is 0.152. The molecule has 1 aromatic rings. The molecule has 0 fully saturated rings. The van der Waals surface area contributed by atoms with Crippen molar-refractivity contribution >= 4 is 15.9 Å². The number of nitrogens with one attached hydrogen (secondary N) is 1. The Morgan fingerprint density at radius 1 is 1.25 bits per heavy atom. The Labute approximate surface area is 130 Å². The Balaban J connectivity index is 2.82. The molecule has 0 bridgehead atoms. The molecule has 1 rings (SSSR count). The molecule has 0 unspecified atom stereocenters. The molecule has 2 N–H and O–H groups in total. The number of hydrogen-bond donors (Lipinski definition) is 2. The second-order valence-electron chi connectivity index (χ2n) is 5.10. The SMILES string of the molecule is CCCOc1ccc(Br)cc1CNC(CC)(CC)CO. The lowest BCUT2D eigenvalue weighted by molar-refractivity contribution is 0.149. The third kappa shape index (κ3) is 4.76. The van der Waals surface area contributed by atoms with Crippen molar-refractivity contribution < 1.29 is 9.84 Å². The second kappa shape index (κ2) is 8.65. The van der Waals surface area contributed by atoms with Crippen LogP contribution in [0.5, 0.6) is 5.75 Å². The van der Waals surface area contributed by atoms with Crippen LogP contribution in [0.15, 0.2) is 22.7 Å². The van der Waals surface area contributed by atoms with Gasteiger partial charge in [0.05, 0.1) is 13.2 Å². The Bertz CT molecular complexity index is 397. The molecule has 20 heavy (non-hydrogen) atoms. The smallest absolute Gasteiger partial charge is 0.123 e. The molecule has 0 spiro atoms. The predicted molar refractivity (Wildman–Crippen MR) is 87.2 cm³/mol. The van der Waals surface area contributed by atoms with E-state index in [1.165, 1.54) is 0 Å². The van der Waals surface area contributed by atoms with Gasteiger partial charge in [-0.05, 0) is 37.5 Å². The highest BCUT2D eigenvalue weighted by Gasteiger charge is 2.24. The Morgan fingerprint density at radius 3 is 2.50 bits per heavy atom. The van der Waals surface area contributed by atoms with Crippen LogP contribution in [0.3, 0.4) is 0 Å². The van der Waals surface area contributed by atoms with Gasteiger partial charge in [-0.1, -0.05) is 36.7 Å². The Hall–Kier alpha value is -0.580. The maximum atomic E-state index is 9.62. The molecule has 4 heteroatoms. The number of rotatable bonds is 9. The number of aliphatic hydroxyl groups is 1. The van der Waals surface area contributed by atoms with Gasteiger partial charge in [-0.15, -0.1) is 0 Å². The van der Waals surface area contributed by atoms with E-state index in [-0.39, 0.29) is 12.1 Å². The van der Waals surface area contributed by atoms with Crippen molar-refractivity contribution in [1.29, 1.82) is 0 Å². The number of halogens is 1. The van der Waals surface area contributed by atoms with E-state index in [4.69, 9.17) is 4.74 Å². The fourth-order valence-electron chi connectivity index (χ4n) is 2.10. The summed E-state index contributed by atoms with van der Waals surface area (Å²) in [4.78, 5) is 0. The van der Waals surface area contributed by atoms with Gasteiger partial charge < -0.3 is 15.2 Å². The second-order valence-corrected chi connectivity index (χ2v) is 6.02. The lowest BCUT2D eigenvalue weighted by Crippen LogP contribution is -2.47. The van der Waals surface area contributed by atoms with Gasteiger partial charge in [0.15, 0.2) is 0 Å². The number of ether oxygens (including phenoxy) is 1. The van der Waals surface area contributed by atoms with E-state index in [1.807, 2.05) is 12.1 Å². The summed E-state index contributed by atoms with van der Waals surface area (Å²) in [5, 5.41) is 13.1. The van der Waals surface area contributed by atoms with Crippen LogP contribution in [-0.4, -0.2) is 23.9 Å². The summed E-state index contributed by atoms with van der Waals surface area (Å²) >= 11 is 3.50. The van der Waals surface area contributed by atoms with E-state index in [0.717, 1.165) is 41.7 Å². The van der Waals surface area contributed by atoms with Crippen LogP contribution >= 0.6 is 15.9 Å². The van der Waals surface area contributed by atoms with Crippen LogP contribution < -0.4 is 10.1 Å². The molecular weight excluding hydrogens is 318 g/mol. The van der Waals surface area contributed by atoms with E-state index in [1.54, 1.807) is 0 Å². The largest absolute Gasteiger partial charge is 0.493 e. The van der Waals surface area contributed by atoms with Crippen LogP contribution in [0, 0.1) is 0 Å².